The summed E-state index contributed by atoms with van der Waals surface area (Å²) in [6.45, 7) is 1.88. The summed E-state index contributed by atoms with van der Waals surface area (Å²) in [5, 5.41) is 13.9. The van der Waals surface area contributed by atoms with Crippen LogP contribution in [0.25, 0.3) is 0 Å². The van der Waals surface area contributed by atoms with E-state index in [-0.39, 0.29) is 30.0 Å². The molecule has 1 fully saturated rings. The largest absolute Gasteiger partial charge is 0.478 e. The Morgan fingerprint density at radius 3 is 2.68 bits per heavy atom. The molecule has 1 aromatic carbocycles. The van der Waals surface area contributed by atoms with Crippen molar-refractivity contribution in [1.82, 2.24) is 5.32 Å². The van der Waals surface area contributed by atoms with Crippen molar-refractivity contribution in [3.8, 4) is 5.75 Å². The molecule has 0 aliphatic heterocycles. The molecule has 3 atom stereocenters. The smallest absolute Gasteiger partial charge is 0.346 e. The van der Waals surface area contributed by atoms with Crippen molar-refractivity contribution in [2.45, 2.75) is 25.4 Å². The van der Waals surface area contributed by atoms with Crippen LogP contribution >= 0.6 is 11.3 Å². The Morgan fingerprint density at radius 2 is 2.08 bits per heavy atom. The van der Waals surface area contributed by atoms with E-state index in [0.717, 1.165) is 6.42 Å². The Labute approximate surface area is 148 Å². The van der Waals surface area contributed by atoms with Gasteiger partial charge in [0.1, 0.15) is 11.6 Å². The summed E-state index contributed by atoms with van der Waals surface area (Å²) in [6.07, 6.45) is -0.445. The number of ether oxygens (including phenoxy) is 1. The summed E-state index contributed by atoms with van der Waals surface area (Å²) in [6, 6.07) is 7.10. The number of carboxylic acids is 1. The molecule has 1 aromatic heterocycles. The number of carbonyl (C=O) groups is 2. The van der Waals surface area contributed by atoms with E-state index in [1.54, 1.807) is 11.3 Å². The maximum Gasteiger partial charge on any atom is 0.346 e. The number of rotatable bonds is 7. The van der Waals surface area contributed by atoms with E-state index >= 15 is 0 Å². The Kier molecular flexibility index (Phi) is 5.03. The molecule has 25 heavy (non-hydrogen) atoms. The van der Waals surface area contributed by atoms with E-state index in [1.807, 2.05) is 18.4 Å². The molecule has 7 heteroatoms. The normalized spacial score (nSPS) is 19.9. The monoisotopic (exact) mass is 363 g/mol. The maximum atomic E-state index is 12.9. The van der Waals surface area contributed by atoms with Gasteiger partial charge in [-0.3, -0.25) is 4.79 Å². The zero-order valence-electron chi connectivity index (χ0n) is 13.6. The number of thiophene rings is 1. The minimum atomic E-state index is -1.23. The predicted molar refractivity (Wildman–Crippen MR) is 91.4 cm³/mol. The molecule has 2 aromatic rings. The number of carbonyl (C=O) groups excluding carboxylic acids is 1. The molecule has 3 unspecified atom stereocenters. The number of amides is 1. The Balaban J connectivity index is 1.53. The standard InChI is InChI=1S/C18H18FNO4S/c1-10-6-7-25-16(10)13-8-14(13)17(21)20-9-15(18(22)23)24-12-4-2-11(19)3-5-12/h2-7,13-15H,8-9H2,1H3,(H,20,21)(H,22,23). The first kappa shape index (κ1) is 17.4. The van der Waals surface area contributed by atoms with Crippen molar-refractivity contribution in [3.05, 3.63) is 52.0 Å². The van der Waals surface area contributed by atoms with Crippen molar-refractivity contribution in [1.29, 1.82) is 0 Å². The Bertz CT molecular complexity index is 774. The van der Waals surface area contributed by atoms with Crippen molar-refractivity contribution in [2.24, 2.45) is 5.92 Å². The van der Waals surface area contributed by atoms with E-state index in [1.165, 1.54) is 34.7 Å². The molecular formula is C18H18FNO4S. The number of aryl methyl sites for hydroxylation is 1. The number of benzene rings is 1. The fourth-order valence-electron chi connectivity index (χ4n) is 2.72. The highest BCUT2D eigenvalue weighted by Crippen LogP contribution is 2.50. The summed E-state index contributed by atoms with van der Waals surface area (Å²) >= 11 is 1.64. The maximum absolute atomic E-state index is 12.9. The molecule has 1 aliphatic rings. The topological polar surface area (TPSA) is 75.6 Å². The van der Waals surface area contributed by atoms with Crippen LogP contribution in [0.5, 0.6) is 5.75 Å². The van der Waals surface area contributed by atoms with E-state index < -0.39 is 17.9 Å². The molecular weight excluding hydrogens is 345 g/mol. The third-order valence-corrected chi connectivity index (χ3v) is 5.35. The van der Waals surface area contributed by atoms with E-state index in [2.05, 4.69) is 5.32 Å². The molecule has 5 nitrogen and oxygen atoms in total. The quantitative estimate of drug-likeness (QED) is 0.793. The Morgan fingerprint density at radius 1 is 1.36 bits per heavy atom. The highest BCUT2D eigenvalue weighted by atomic mass is 32.1. The van der Waals surface area contributed by atoms with Gasteiger partial charge in [0.25, 0.3) is 0 Å². The van der Waals surface area contributed by atoms with Gasteiger partial charge in [-0.1, -0.05) is 0 Å². The Hall–Kier alpha value is -2.41. The lowest BCUT2D eigenvalue weighted by molar-refractivity contribution is -0.145. The van der Waals surface area contributed by atoms with Gasteiger partial charge in [0.15, 0.2) is 0 Å². The van der Waals surface area contributed by atoms with Crippen LogP contribution in [0.15, 0.2) is 35.7 Å². The first-order valence-corrected chi connectivity index (χ1v) is 8.80. The lowest BCUT2D eigenvalue weighted by atomic mass is 10.2. The zero-order valence-corrected chi connectivity index (χ0v) is 14.4. The SMILES string of the molecule is Cc1ccsc1C1CC1C(=O)NCC(Oc1ccc(F)cc1)C(=O)O. The second kappa shape index (κ2) is 7.23. The molecule has 1 aliphatic carbocycles. The second-order valence-corrected chi connectivity index (χ2v) is 7.01. The number of aliphatic carboxylic acids is 1. The third-order valence-electron chi connectivity index (χ3n) is 4.19. The molecule has 0 radical (unpaired) electrons. The number of halogens is 1. The van der Waals surface area contributed by atoms with Gasteiger partial charge in [-0.25, -0.2) is 9.18 Å². The molecule has 2 N–H and O–H groups in total. The van der Waals surface area contributed by atoms with E-state index in [0.29, 0.717) is 0 Å². The van der Waals surface area contributed by atoms with Crippen LogP contribution in [0.2, 0.25) is 0 Å². The molecule has 1 saturated carbocycles. The molecule has 1 heterocycles. The van der Waals surface area contributed by atoms with Crippen LogP contribution in [-0.2, 0) is 9.59 Å². The molecule has 132 valence electrons. The van der Waals surface area contributed by atoms with Gasteiger partial charge in [0.05, 0.1) is 6.54 Å². The van der Waals surface area contributed by atoms with Crippen LogP contribution < -0.4 is 10.1 Å². The van der Waals surface area contributed by atoms with Gasteiger partial charge < -0.3 is 15.2 Å². The van der Waals surface area contributed by atoms with Gasteiger partial charge in [0, 0.05) is 16.7 Å². The fourth-order valence-corrected chi connectivity index (χ4v) is 3.83. The highest BCUT2D eigenvalue weighted by molar-refractivity contribution is 7.10. The van der Waals surface area contributed by atoms with Gasteiger partial charge in [-0.05, 0) is 54.6 Å². The van der Waals surface area contributed by atoms with Crippen LogP contribution in [0.1, 0.15) is 22.8 Å². The number of hydrogen-bond donors (Lipinski definition) is 2. The summed E-state index contributed by atoms with van der Waals surface area (Å²) < 4.78 is 18.2. The van der Waals surface area contributed by atoms with Crippen LogP contribution in [0, 0.1) is 18.7 Å². The molecule has 0 spiro atoms. The van der Waals surface area contributed by atoms with Crippen LogP contribution in [-0.4, -0.2) is 29.6 Å². The van der Waals surface area contributed by atoms with Gasteiger partial charge in [0.2, 0.25) is 12.0 Å². The molecule has 0 bridgehead atoms. The third kappa shape index (κ3) is 4.17. The minimum Gasteiger partial charge on any atom is -0.478 e. The van der Waals surface area contributed by atoms with Crippen molar-refractivity contribution >= 4 is 23.2 Å². The first-order valence-electron chi connectivity index (χ1n) is 7.92. The van der Waals surface area contributed by atoms with Gasteiger partial charge >= 0.3 is 5.97 Å². The zero-order chi connectivity index (χ0) is 18.0. The van der Waals surface area contributed by atoms with Crippen molar-refractivity contribution in [2.75, 3.05) is 6.54 Å². The molecule has 0 saturated heterocycles. The number of hydrogen-bond acceptors (Lipinski definition) is 4. The highest BCUT2D eigenvalue weighted by Gasteiger charge is 2.45. The van der Waals surface area contributed by atoms with Gasteiger partial charge in [-0.15, -0.1) is 11.3 Å². The van der Waals surface area contributed by atoms with Crippen LogP contribution in [0.3, 0.4) is 0 Å². The number of carboxylic acid groups (broad SMARTS) is 1. The van der Waals surface area contributed by atoms with E-state index in [4.69, 9.17) is 4.74 Å². The van der Waals surface area contributed by atoms with E-state index in [9.17, 15) is 19.1 Å². The number of nitrogens with one attached hydrogen (secondary N) is 1. The van der Waals surface area contributed by atoms with Gasteiger partial charge in [-0.2, -0.15) is 0 Å². The summed E-state index contributed by atoms with van der Waals surface area (Å²) in [5.74, 6) is -1.44. The summed E-state index contributed by atoms with van der Waals surface area (Å²) in [4.78, 5) is 24.8. The summed E-state index contributed by atoms with van der Waals surface area (Å²) in [7, 11) is 0. The first-order chi connectivity index (χ1) is 12.0. The lowest BCUT2D eigenvalue weighted by Crippen LogP contribution is -2.41. The summed E-state index contributed by atoms with van der Waals surface area (Å²) in [5.41, 5.74) is 1.19. The minimum absolute atomic E-state index is 0.113. The van der Waals surface area contributed by atoms with Crippen LogP contribution in [0.4, 0.5) is 4.39 Å². The van der Waals surface area contributed by atoms with Crippen molar-refractivity contribution < 1.29 is 23.8 Å². The average molecular weight is 363 g/mol. The average Bonchev–Trinajstić information content (AvgIpc) is 3.26. The predicted octanol–water partition coefficient (Wildman–Crippen LogP) is 2.95. The molecule has 1 amide bonds. The molecule has 3 rings (SSSR count). The second-order valence-electron chi connectivity index (χ2n) is 6.06. The lowest BCUT2D eigenvalue weighted by Gasteiger charge is -2.16. The van der Waals surface area contributed by atoms with Crippen molar-refractivity contribution in [3.63, 3.8) is 0 Å². The fraction of sp³-hybridized carbons (Fsp3) is 0.333.